The Balaban J connectivity index is 1.28. The summed E-state index contributed by atoms with van der Waals surface area (Å²) in [5, 5.41) is 0.149. The second-order valence-corrected chi connectivity index (χ2v) is 7.98. The number of nitrogens with zero attached hydrogens (tertiary/aromatic N) is 4. The normalized spacial score (nSPS) is 15.9. The lowest BCUT2D eigenvalue weighted by Gasteiger charge is -2.35. The third kappa shape index (κ3) is 4.08. The minimum atomic E-state index is 0.149. The molecule has 1 amide bonds. The standard InChI is InChI=1S/C20H23N5OS/c1-15(20-22-16-6-2-3-7-17(16)23-20)27-14-19(26)25-12-10-24(11-13-25)18-8-4-5-9-21-18/h2-9,15H,10-14H2,1H3,(H,22,23). The van der Waals surface area contributed by atoms with Crippen LogP contribution in [0.5, 0.6) is 0 Å². The minimum absolute atomic E-state index is 0.149. The molecule has 1 atom stereocenters. The molecular formula is C20H23N5OS. The third-order valence-corrected chi connectivity index (χ3v) is 5.99. The second kappa shape index (κ2) is 8.00. The second-order valence-electron chi connectivity index (χ2n) is 6.65. The molecular weight excluding hydrogens is 358 g/mol. The fourth-order valence-electron chi connectivity index (χ4n) is 3.26. The van der Waals surface area contributed by atoms with Crippen LogP contribution in [-0.2, 0) is 4.79 Å². The van der Waals surface area contributed by atoms with Gasteiger partial charge in [0.15, 0.2) is 0 Å². The molecule has 3 heterocycles. The van der Waals surface area contributed by atoms with Crippen molar-refractivity contribution in [3.8, 4) is 0 Å². The maximum Gasteiger partial charge on any atom is 0.232 e. The van der Waals surface area contributed by atoms with E-state index in [1.807, 2.05) is 53.6 Å². The molecule has 1 fully saturated rings. The van der Waals surface area contributed by atoms with Gasteiger partial charge in [0, 0.05) is 32.4 Å². The van der Waals surface area contributed by atoms with E-state index in [0.717, 1.165) is 48.9 Å². The fourth-order valence-corrected chi connectivity index (χ4v) is 4.10. The number of aromatic nitrogens is 3. The average molecular weight is 382 g/mol. The lowest BCUT2D eigenvalue weighted by molar-refractivity contribution is -0.128. The van der Waals surface area contributed by atoms with Crippen LogP contribution in [0.2, 0.25) is 0 Å². The number of hydrogen-bond donors (Lipinski definition) is 1. The Labute approximate surface area is 163 Å². The number of fused-ring (bicyclic) bond motifs is 1. The number of rotatable bonds is 5. The van der Waals surface area contributed by atoms with Gasteiger partial charge in [-0.2, -0.15) is 0 Å². The topological polar surface area (TPSA) is 65.1 Å². The fraction of sp³-hybridized carbons (Fsp3) is 0.350. The summed E-state index contributed by atoms with van der Waals surface area (Å²) in [6.07, 6.45) is 1.81. The van der Waals surface area contributed by atoms with E-state index in [-0.39, 0.29) is 11.2 Å². The van der Waals surface area contributed by atoms with Gasteiger partial charge in [0.2, 0.25) is 5.91 Å². The Morgan fingerprint density at radius 3 is 2.67 bits per heavy atom. The van der Waals surface area contributed by atoms with E-state index in [1.54, 1.807) is 11.8 Å². The highest BCUT2D eigenvalue weighted by Gasteiger charge is 2.22. The van der Waals surface area contributed by atoms with Crippen molar-refractivity contribution in [2.24, 2.45) is 0 Å². The first-order valence-electron chi connectivity index (χ1n) is 9.21. The molecule has 7 heteroatoms. The van der Waals surface area contributed by atoms with E-state index in [4.69, 9.17) is 0 Å². The number of thioether (sulfide) groups is 1. The summed E-state index contributed by atoms with van der Waals surface area (Å²) in [6, 6.07) is 13.9. The maximum absolute atomic E-state index is 12.6. The SMILES string of the molecule is CC(SCC(=O)N1CCN(c2ccccn2)CC1)c1nc2ccccc2[nH]1. The number of pyridine rings is 1. The molecule has 140 valence electrons. The Bertz CT molecular complexity index is 872. The highest BCUT2D eigenvalue weighted by atomic mass is 32.2. The molecule has 0 saturated carbocycles. The molecule has 1 aromatic carbocycles. The van der Waals surface area contributed by atoms with Crippen molar-refractivity contribution >= 4 is 34.5 Å². The molecule has 6 nitrogen and oxygen atoms in total. The number of H-pyrrole nitrogens is 1. The zero-order valence-electron chi connectivity index (χ0n) is 15.3. The summed E-state index contributed by atoms with van der Waals surface area (Å²) < 4.78 is 0. The van der Waals surface area contributed by atoms with E-state index >= 15 is 0 Å². The highest BCUT2D eigenvalue weighted by molar-refractivity contribution is 8.00. The average Bonchev–Trinajstić information content (AvgIpc) is 3.17. The maximum atomic E-state index is 12.6. The van der Waals surface area contributed by atoms with Gasteiger partial charge >= 0.3 is 0 Å². The summed E-state index contributed by atoms with van der Waals surface area (Å²) >= 11 is 1.63. The zero-order valence-corrected chi connectivity index (χ0v) is 16.2. The molecule has 1 saturated heterocycles. The Morgan fingerprint density at radius 2 is 1.93 bits per heavy atom. The molecule has 0 bridgehead atoms. The number of amides is 1. The molecule has 0 aliphatic carbocycles. The van der Waals surface area contributed by atoms with Gasteiger partial charge in [-0.15, -0.1) is 11.8 Å². The molecule has 3 aromatic rings. The van der Waals surface area contributed by atoms with E-state index in [9.17, 15) is 4.79 Å². The third-order valence-electron chi connectivity index (χ3n) is 4.86. The van der Waals surface area contributed by atoms with Gasteiger partial charge in [0.1, 0.15) is 11.6 Å². The van der Waals surface area contributed by atoms with E-state index in [0.29, 0.717) is 5.75 Å². The smallest absolute Gasteiger partial charge is 0.232 e. The first-order chi connectivity index (χ1) is 13.2. The summed E-state index contributed by atoms with van der Waals surface area (Å²) in [4.78, 5) is 29.2. The number of nitrogens with one attached hydrogen (secondary N) is 1. The highest BCUT2D eigenvalue weighted by Crippen LogP contribution is 2.28. The monoisotopic (exact) mass is 381 g/mol. The van der Waals surface area contributed by atoms with Gasteiger partial charge in [-0.05, 0) is 31.2 Å². The van der Waals surface area contributed by atoms with E-state index in [2.05, 4.69) is 26.8 Å². The largest absolute Gasteiger partial charge is 0.353 e. The summed E-state index contributed by atoms with van der Waals surface area (Å²) in [6.45, 7) is 5.23. The molecule has 1 aliphatic heterocycles. The van der Waals surface area contributed by atoms with Crippen LogP contribution in [0.1, 0.15) is 18.0 Å². The van der Waals surface area contributed by atoms with Crippen LogP contribution in [0.25, 0.3) is 11.0 Å². The van der Waals surface area contributed by atoms with Gasteiger partial charge in [0.05, 0.1) is 22.0 Å². The Morgan fingerprint density at radius 1 is 1.15 bits per heavy atom. The number of aromatic amines is 1. The molecule has 0 radical (unpaired) electrons. The lowest BCUT2D eigenvalue weighted by Crippen LogP contribution is -2.49. The number of carbonyl (C=O) groups excluding carboxylic acids is 1. The van der Waals surface area contributed by atoms with Gasteiger partial charge in [0.25, 0.3) is 0 Å². The van der Waals surface area contributed by atoms with Gasteiger partial charge < -0.3 is 14.8 Å². The number of anilines is 1. The number of benzene rings is 1. The Hall–Kier alpha value is -2.54. The van der Waals surface area contributed by atoms with Crippen molar-refractivity contribution in [1.82, 2.24) is 19.9 Å². The van der Waals surface area contributed by atoms with Crippen molar-refractivity contribution in [3.63, 3.8) is 0 Å². The lowest BCUT2D eigenvalue weighted by atomic mass is 10.3. The predicted molar refractivity (Wildman–Crippen MR) is 110 cm³/mol. The number of para-hydroxylation sites is 2. The molecule has 1 aliphatic rings. The van der Waals surface area contributed by atoms with Crippen LogP contribution in [0.4, 0.5) is 5.82 Å². The van der Waals surface area contributed by atoms with Crippen LogP contribution in [0.15, 0.2) is 48.7 Å². The van der Waals surface area contributed by atoms with Crippen molar-refractivity contribution in [1.29, 1.82) is 0 Å². The van der Waals surface area contributed by atoms with Crippen LogP contribution in [-0.4, -0.2) is 57.7 Å². The molecule has 1 N–H and O–H groups in total. The van der Waals surface area contributed by atoms with Crippen LogP contribution < -0.4 is 4.90 Å². The molecule has 2 aromatic heterocycles. The number of imidazole rings is 1. The molecule has 4 rings (SSSR count). The van der Waals surface area contributed by atoms with Gasteiger partial charge in [-0.25, -0.2) is 9.97 Å². The van der Waals surface area contributed by atoms with E-state index in [1.165, 1.54) is 0 Å². The van der Waals surface area contributed by atoms with Gasteiger partial charge in [-0.3, -0.25) is 4.79 Å². The van der Waals surface area contributed by atoms with Crippen LogP contribution in [0, 0.1) is 0 Å². The van der Waals surface area contributed by atoms with Crippen LogP contribution >= 0.6 is 11.8 Å². The van der Waals surface area contributed by atoms with Gasteiger partial charge in [-0.1, -0.05) is 18.2 Å². The van der Waals surface area contributed by atoms with Crippen molar-refractivity contribution in [2.75, 3.05) is 36.8 Å². The Kier molecular flexibility index (Phi) is 5.29. The minimum Gasteiger partial charge on any atom is -0.353 e. The predicted octanol–water partition coefficient (Wildman–Crippen LogP) is 3.10. The summed E-state index contributed by atoms with van der Waals surface area (Å²) in [5.74, 6) is 2.58. The molecule has 1 unspecified atom stereocenters. The molecule has 27 heavy (non-hydrogen) atoms. The van der Waals surface area contributed by atoms with Crippen molar-refractivity contribution < 1.29 is 4.79 Å². The zero-order chi connectivity index (χ0) is 18.6. The number of piperazine rings is 1. The van der Waals surface area contributed by atoms with Crippen LogP contribution in [0.3, 0.4) is 0 Å². The van der Waals surface area contributed by atoms with Crippen molar-refractivity contribution in [2.45, 2.75) is 12.2 Å². The first kappa shape index (κ1) is 17.9. The first-order valence-corrected chi connectivity index (χ1v) is 10.3. The number of carbonyl (C=O) groups is 1. The number of hydrogen-bond acceptors (Lipinski definition) is 5. The quantitative estimate of drug-likeness (QED) is 0.736. The molecule has 0 spiro atoms. The summed E-state index contributed by atoms with van der Waals surface area (Å²) in [7, 11) is 0. The van der Waals surface area contributed by atoms with Crippen molar-refractivity contribution in [3.05, 3.63) is 54.5 Å². The van der Waals surface area contributed by atoms with E-state index < -0.39 is 0 Å². The summed E-state index contributed by atoms with van der Waals surface area (Å²) in [5.41, 5.74) is 2.01.